The van der Waals surface area contributed by atoms with Crippen LogP contribution in [0.3, 0.4) is 0 Å². The lowest BCUT2D eigenvalue weighted by molar-refractivity contribution is 1.36. The fraction of sp³-hybridized carbons (Fsp3) is 0. The zero-order chi connectivity index (χ0) is 13.0. The lowest BCUT2D eigenvalue weighted by Gasteiger charge is -2.02. The van der Waals surface area contributed by atoms with E-state index >= 15 is 0 Å². The topological polar surface area (TPSA) is 127 Å². The Bertz CT molecular complexity index is 541. The van der Waals surface area contributed by atoms with Crippen LogP contribution in [0.4, 0.5) is 5.69 Å². The monoisotopic (exact) mass is 314 g/mol. The van der Waals surface area contributed by atoms with Crippen LogP contribution >= 0.6 is 27.5 Å². The lowest BCUT2D eigenvalue weighted by Crippen LogP contribution is -2.26. The quantitative estimate of drug-likeness (QED) is 0.531. The molecule has 1 rings (SSSR count). The summed E-state index contributed by atoms with van der Waals surface area (Å²) in [6.07, 6.45) is 0. The molecule has 0 saturated heterocycles. The average molecular weight is 316 g/mol. The molecule has 17 heavy (non-hydrogen) atoms. The number of benzene rings is 1. The normalized spacial score (nSPS) is 10.8. The molecule has 0 aromatic heterocycles. The molecule has 0 amide bonds. The first kappa shape index (κ1) is 13.3. The summed E-state index contributed by atoms with van der Waals surface area (Å²) >= 11 is 9.12. The van der Waals surface area contributed by atoms with Crippen molar-refractivity contribution in [2.24, 2.45) is 27.2 Å². The Morgan fingerprint density at radius 1 is 1.35 bits per heavy atom. The minimum absolute atomic E-state index is 0.153. The fourth-order valence-electron chi connectivity index (χ4n) is 1.02. The van der Waals surface area contributed by atoms with E-state index in [0.29, 0.717) is 10.2 Å². The van der Waals surface area contributed by atoms with Crippen LogP contribution in [0.5, 0.6) is 0 Å². The van der Waals surface area contributed by atoms with Crippen molar-refractivity contribution in [3.05, 3.63) is 27.2 Å². The maximum atomic E-state index is 8.97. The molecule has 6 N–H and O–H groups in total. The van der Waals surface area contributed by atoms with E-state index in [-0.39, 0.29) is 22.5 Å². The Morgan fingerprint density at radius 2 is 2.00 bits per heavy atom. The second-order valence-electron chi connectivity index (χ2n) is 2.87. The number of nitrogens with two attached hydrogens (primary N) is 3. The van der Waals surface area contributed by atoms with Crippen molar-refractivity contribution >= 4 is 45.1 Å². The second kappa shape index (κ2) is 5.52. The van der Waals surface area contributed by atoms with Crippen molar-refractivity contribution in [1.82, 2.24) is 0 Å². The van der Waals surface area contributed by atoms with Gasteiger partial charge in [-0.25, -0.2) is 4.99 Å². The molecule has 0 atom stereocenters. The van der Waals surface area contributed by atoms with Crippen molar-refractivity contribution < 1.29 is 0 Å². The van der Waals surface area contributed by atoms with E-state index in [1.807, 2.05) is 6.07 Å². The molecule has 0 unspecified atom stereocenters. The van der Waals surface area contributed by atoms with Crippen LogP contribution in [0.25, 0.3) is 0 Å². The van der Waals surface area contributed by atoms with Gasteiger partial charge < -0.3 is 17.2 Å². The molecule has 0 aliphatic heterocycles. The maximum absolute atomic E-state index is 8.97. The average Bonchev–Trinajstić information content (AvgIpc) is 2.23. The van der Waals surface area contributed by atoms with Gasteiger partial charge in [0.1, 0.15) is 6.07 Å². The van der Waals surface area contributed by atoms with Gasteiger partial charge in [-0.3, -0.25) is 0 Å². The van der Waals surface area contributed by atoms with Crippen molar-refractivity contribution in [1.29, 1.82) is 5.26 Å². The van der Waals surface area contributed by atoms with Gasteiger partial charge in [0.25, 0.3) is 0 Å². The highest BCUT2D eigenvalue weighted by Crippen LogP contribution is 2.32. The van der Waals surface area contributed by atoms with Gasteiger partial charge in [-0.1, -0.05) is 11.6 Å². The Morgan fingerprint density at radius 3 is 2.53 bits per heavy atom. The molecule has 8 heteroatoms. The van der Waals surface area contributed by atoms with Gasteiger partial charge in [0.2, 0.25) is 5.96 Å². The SMILES string of the molecule is N#Cc1c(N=C(N)N=C(N)N)ccc(Br)c1Cl. The number of nitrogens with zero attached hydrogens (tertiary/aromatic N) is 3. The molecule has 1 aromatic carbocycles. The largest absolute Gasteiger partial charge is 0.370 e. The molecular formula is C9H8BrClN6. The van der Waals surface area contributed by atoms with Crippen LogP contribution < -0.4 is 17.2 Å². The summed E-state index contributed by atoms with van der Waals surface area (Å²) < 4.78 is 0.593. The zero-order valence-corrected chi connectivity index (χ0v) is 10.8. The van der Waals surface area contributed by atoms with E-state index in [1.54, 1.807) is 12.1 Å². The molecule has 0 aliphatic carbocycles. The van der Waals surface area contributed by atoms with Gasteiger partial charge in [-0.05, 0) is 28.1 Å². The Balaban J connectivity index is 3.31. The summed E-state index contributed by atoms with van der Waals surface area (Å²) in [6.45, 7) is 0. The van der Waals surface area contributed by atoms with Gasteiger partial charge in [0.05, 0.1) is 16.3 Å². The first-order valence-electron chi connectivity index (χ1n) is 4.27. The minimum Gasteiger partial charge on any atom is -0.370 e. The van der Waals surface area contributed by atoms with Crippen LogP contribution in [0.1, 0.15) is 5.56 Å². The Labute approximate surface area is 111 Å². The van der Waals surface area contributed by atoms with Crippen LogP contribution in [0.15, 0.2) is 26.6 Å². The van der Waals surface area contributed by atoms with Gasteiger partial charge in [0.15, 0.2) is 5.96 Å². The van der Waals surface area contributed by atoms with E-state index in [1.165, 1.54) is 0 Å². The summed E-state index contributed by atoms with van der Waals surface area (Å²) in [7, 11) is 0. The van der Waals surface area contributed by atoms with E-state index in [2.05, 4.69) is 25.9 Å². The third-order valence-corrected chi connectivity index (χ3v) is 2.94. The standard InChI is InChI=1S/C9H8BrClN6/c10-5-1-2-6(4(3-12)7(5)11)16-9(15)17-8(13)14/h1-2H,(H6,13,14,15,16,17). The number of rotatable bonds is 1. The van der Waals surface area contributed by atoms with Crippen molar-refractivity contribution in [2.45, 2.75) is 0 Å². The number of aliphatic imine (C=N–C) groups is 2. The lowest BCUT2D eigenvalue weighted by atomic mass is 10.2. The molecule has 88 valence electrons. The van der Waals surface area contributed by atoms with E-state index in [9.17, 15) is 0 Å². The van der Waals surface area contributed by atoms with Crippen LogP contribution in [-0.4, -0.2) is 11.9 Å². The third kappa shape index (κ3) is 3.34. The highest BCUT2D eigenvalue weighted by atomic mass is 79.9. The van der Waals surface area contributed by atoms with E-state index in [4.69, 9.17) is 34.1 Å². The molecule has 6 nitrogen and oxygen atoms in total. The predicted octanol–water partition coefficient (Wildman–Crippen LogP) is 1.19. The van der Waals surface area contributed by atoms with Gasteiger partial charge >= 0.3 is 0 Å². The molecule has 1 aromatic rings. The van der Waals surface area contributed by atoms with Gasteiger partial charge in [0, 0.05) is 4.47 Å². The van der Waals surface area contributed by atoms with E-state index < -0.39 is 0 Å². The van der Waals surface area contributed by atoms with Crippen LogP contribution in [-0.2, 0) is 0 Å². The molecular weight excluding hydrogens is 307 g/mol. The predicted molar refractivity (Wildman–Crippen MR) is 71.0 cm³/mol. The number of hydrogen-bond acceptors (Lipinski definition) is 2. The molecule has 0 spiro atoms. The Kier molecular flexibility index (Phi) is 4.31. The van der Waals surface area contributed by atoms with Crippen molar-refractivity contribution in [3.8, 4) is 6.07 Å². The van der Waals surface area contributed by atoms with Gasteiger partial charge in [-0.2, -0.15) is 10.3 Å². The zero-order valence-electron chi connectivity index (χ0n) is 8.48. The van der Waals surface area contributed by atoms with E-state index in [0.717, 1.165) is 0 Å². The second-order valence-corrected chi connectivity index (χ2v) is 4.11. The number of hydrogen-bond donors (Lipinski definition) is 3. The maximum Gasteiger partial charge on any atom is 0.223 e. The summed E-state index contributed by atoms with van der Waals surface area (Å²) in [5.41, 5.74) is 16.2. The minimum atomic E-state index is -0.215. The highest BCUT2D eigenvalue weighted by Gasteiger charge is 2.09. The first-order valence-corrected chi connectivity index (χ1v) is 5.44. The molecule has 0 saturated carbocycles. The molecule has 0 fully saturated rings. The fourth-order valence-corrected chi connectivity index (χ4v) is 1.55. The summed E-state index contributed by atoms with van der Waals surface area (Å²) in [5.74, 6) is -0.368. The molecule has 0 aliphatic rings. The van der Waals surface area contributed by atoms with Crippen LogP contribution in [0.2, 0.25) is 5.02 Å². The summed E-state index contributed by atoms with van der Waals surface area (Å²) in [5, 5.41) is 9.22. The summed E-state index contributed by atoms with van der Waals surface area (Å²) in [6, 6.07) is 5.14. The third-order valence-electron chi connectivity index (χ3n) is 1.66. The molecule has 0 heterocycles. The molecule has 0 bridgehead atoms. The van der Waals surface area contributed by atoms with Crippen LogP contribution in [0, 0.1) is 11.3 Å². The first-order chi connectivity index (χ1) is 7.95. The smallest absolute Gasteiger partial charge is 0.223 e. The molecule has 0 radical (unpaired) electrons. The summed E-state index contributed by atoms with van der Waals surface area (Å²) in [4.78, 5) is 7.43. The number of halogens is 2. The highest BCUT2D eigenvalue weighted by molar-refractivity contribution is 9.10. The van der Waals surface area contributed by atoms with Gasteiger partial charge in [-0.15, -0.1) is 0 Å². The Hall–Kier alpha value is -1.78. The van der Waals surface area contributed by atoms with Crippen molar-refractivity contribution in [3.63, 3.8) is 0 Å². The number of nitriles is 1. The number of guanidine groups is 2. The van der Waals surface area contributed by atoms with Crippen molar-refractivity contribution in [2.75, 3.05) is 0 Å².